The molecule has 0 aliphatic rings. The van der Waals surface area contributed by atoms with Crippen molar-refractivity contribution in [2.75, 3.05) is 5.32 Å². The fourth-order valence-electron chi connectivity index (χ4n) is 1.45. The SMILES string of the molecule is CC(=O)Nc1cnnc2ccc([N+](=O)[O-])cc12. The highest BCUT2D eigenvalue weighted by Crippen LogP contribution is 2.24. The second-order valence-electron chi connectivity index (χ2n) is 3.40. The summed E-state index contributed by atoms with van der Waals surface area (Å²) in [6.45, 7) is 1.35. The van der Waals surface area contributed by atoms with Gasteiger partial charge < -0.3 is 5.32 Å². The van der Waals surface area contributed by atoms with Crippen LogP contribution in [0.25, 0.3) is 10.9 Å². The van der Waals surface area contributed by atoms with E-state index in [2.05, 4.69) is 15.5 Å². The fraction of sp³-hybridized carbons (Fsp3) is 0.100. The molecule has 7 nitrogen and oxygen atoms in total. The molecule has 1 amide bonds. The third-order valence-corrected chi connectivity index (χ3v) is 2.14. The van der Waals surface area contributed by atoms with E-state index in [1.54, 1.807) is 0 Å². The number of hydrogen-bond acceptors (Lipinski definition) is 5. The Hall–Kier alpha value is -2.57. The maximum Gasteiger partial charge on any atom is 0.270 e. The number of nitrogens with one attached hydrogen (secondary N) is 1. The minimum absolute atomic E-state index is 0.0582. The van der Waals surface area contributed by atoms with Crippen LogP contribution in [0.3, 0.4) is 0 Å². The van der Waals surface area contributed by atoms with Crippen molar-refractivity contribution in [3.63, 3.8) is 0 Å². The van der Waals surface area contributed by atoms with Crippen LogP contribution in [0, 0.1) is 10.1 Å². The molecule has 0 unspecified atom stereocenters. The van der Waals surface area contributed by atoms with Gasteiger partial charge in [0, 0.05) is 24.4 Å². The minimum atomic E-state index is -0.503. The van der Waals surface area contributed by atoms with Gasteiger partial charge in [0.1, 0.15) is 0 Å². The molecule has 1 heterocycles. The number of carbonyl (C=O) groups is 1. The molecular weight excluding hydrogens is 224 g/mol. The van der Waals surface area contributed by atoms with Crippen LogP contribution in [0.4, 0.5) is 11.4 Å². The Labute approximate surface area is 95.6 Å². The summed E-state index contributed by atoms with van der Waals surface area (Å²) < 4.78 is 0. The Morgan fingerprint density at radius 3 is 2.88 bits per heavy atom. The summed E-state index contributed by atoms with van der Waals surface area (Å²) in [5, 5.41) is 21.2. The van der Waals surface area contributed by atoms with Crippen LogP contribution in [0.1, 0.15) is 6.92 Å². The van der Waals surface area contributed by atoms with Crippen LogP contribution < -0.4 is 5.32 Å². The highest BCUT2D eigenvalue weighted by atomic mass is 16.6. The molecule has 1 aromatic heterocycles. The summed E-state index contributed by atoms with van der Waals surface area (Å²) in [6.07, 6.45) is 1.35. The summed E-state index contributed by atoms with van der Waals surface area (Å²) >= 11 is 0. The fourth-order valence-corrected chi connectivity index (χ4v) is 1.45. The summed E-state index contributed by atoms with van der Waals surface area (Å²) in [4.78, 5) is 21.1. The van der Waals surface area contributed by atoms with Gasteiger partial charge >= 0.3 is 0 Å². The molecule has 0 radical (unpaired) electrons. The number of hydrogen-bond donors (Lipinski definition) is 1. The number of nitro benzene ring substituents is 1. The maximum absolute atomic E-state index is 11.0. The third kappa shape index (κ3) is 2.17. The van der Waals surface area contributed by atoms with E-state index in [1.807, 2.05) is 0 Å². The molecule has 2 rings (SSSR count). The second-order valence-corrected chi connectivity index (χ2v) is 3.40. The summed E-state index contributed by atoms with van der Waals surface area (Å²) in [5.74, 6) is -0.272. The zero-order valence-electron chi connectivity index (χ0n) is 8.88. The largest absolute Gasteiger partial charge is 0.324 e. The van der Waals surface area contributed by atoms with Crippen molar-refractivity contribution in [3.8, 4) is 0 Å². The number of fused-ring (bicyclic) bond motifs is 1. The van der Waals surface area contributed by atoms with Crippen LogP contribution in [0.2, 0.25) is 0 Å². The molecule has 0 aliphatic heterocycles. The lowest BCUT2D eigenvalue weighted by atomic mass is 10.2. The molecule has 86 valence electrons. The van der Waals surface area contributed by atoms with Gasteiger partial charge in [-0.05, 0) is 6.07 Å². The number of rotatable bonds is 2. The van der Waals surface area contributed by atoms with Gasteiger partial charge in [0.2, 0.25) is 5.91 Å². The summed E-state index contributed by atoms with van der Waals surface area (Å²) in [5.41, 5.74) is 0.838. The van der Waals surface area contributed by atoms with Crippen LogP contribution in [0.15, 0.2) is 24.4 Å². The molecule has 17 heavy (non-hydrogen) atoms. The van der Waals surface area contributed by atoms with E-state index < -0.39 is 4.92 Å². The van der Waals surface area contributed by atoms with Gasteiger partial charge in [-0.15, -0.1) is 0 Å². The van der Waals surface area contributed by atoms with E-state index in [4.69, 9.17) is 0 Å². The van der Waals surface area contributed by atoms with Crippen molar-refractivity contribution in [2.45, 2.75) is 6.92 Å². The number of carbonyl (C=O) groups excluding carboxylic acids is 1. The molecule has 0 spiro atoms. The monoisotopic (exact) mass is 232 g/mol. The van der Waals surface area contributed by atoms with E-state index >= 15 is 0 Å². The van der Waals surface area contributed by atoms with Crippen LogP contribution in [-0.2, 0) is 4.79 Å². The van der Waals surface area contributed by atoms with Crippen LogP contribution in [0.5, 0.6) is 0 Å². The molecule has 0 bridgehead atoms. The van der Waals surface area contributed by atoms with Gasteiger partial charge in [-0.2, -0.15) is 10.2 Å². The molecule has 7 heteroatoms. The minimum Gasteiger partial charge on any atom is -0.324 e. The molecule has 0 aliphatic carbocycles. The molecule has 0 saturated carbocycles. The Morgan fingerprint density at radius 2 is 2.24 bits per heavy atom. The van der Waals surface area contributed by atoms with E-state index in [0.29, 0.717) is 16.6 Å². The molecular formula is C10H8N4O3. The number of aromatic nitrogens is 2. The third-order valence-electron chi connectivity index (χ3n) is 2.14. The first-order valence-electron chi connectivity index (χ1n) is 4.75. The van der Waals surface area contributed by atoms with Crippen molar-refractivity contribution in [2.24, 2.45) is 0 Å². The van der Waals surface area contributed by atoms with Crippen molar-refractivity contribution >= 4 is 28.2 Å². The zero-order valence-corrected chi connectivity index (χ0v) is 8.88. The Bertz CT molecular complexity index is 612. The van der Waals surface area contributed by atoms with E-state index in [9.17, 15) is 14.9 Å². The van der Waals surface area contributed by atoms with Crippen molar-refractivity contribution in [1.29, 1.82) is 0 Å². The lowest BCUT2D eigenvalue weighted by molar-refractivity contribution is -0.384. The van der Waals surface area contributed by atoms with Crippen LogP contribution in [-0.4, -0.2) is 21.0 Å². The topological polar surface area (TPSA) is 98.0 Å². The first-order valence-corrected chi connectivity index (χ1v) is 4.75. The van der Waals surface area contributed by atoms with Crippen molar-refractivity contribution in [3.05, 3.63) is 34.5 Å². The van der Waals surface area contributed by atoms with E-state index in [-0.39, 0.29) is 11.6 Å². The summed E-state index contributed by atoms with van der Waals surface area (Å²) in [6, 6.07) is 4.19. The number of anilines is 1. The number of nitrogens with zero attached hydrogens (tertiary/aromatic N) is 3. The van der Waals surface area contributed by atoms with Gasteiger partial charge in [0.15, 0.2) is 0 Å². The second kappa shape index (κ2) is 4.12. The van der Waals surface area contributed by atoms with Crippen molar-refractivity contribution in [1.82, 2.24) is 10.2 Å². The molecule has 0 saturated heterocycles. The molecule has 0 atom stereocenters. The molecule has 0 fully saturated rings. The van der Waals surface area contributed by atoms with Gasteiger partial charge in [0.25, 0.3) is 5.69 Å². The van der Waals surface area contributed by atoms with Crippen molar-refractivity contribution < 1.29 is 9.72 Å². The number of benzene rings is 1. The number of amides is 1. The van der Waals surface area contributed by atoms with Gasteiger partial charge in [-0.1, -0.05) is 0 Å². The first-order chi connectivity index (χ1) is 8.08. The lowest BCUT2D eigenvalue weighted by Crippen LogP contribution is -2.07. The first kappa shape index (κ1) is 10.9. The predicted molar refractivity (Wildman–Crippen MR) is 60.5 cm³/mol. The lowest BCUT2D eigenvalue weighted by Gasteiger charge is -2.04. The standard InChI is InChI=1S/C10H8N4O3/c1-6(15)12-10-5-11-13-9-3-2-7(14(16)17)4-8(9)10/h2-5H,1H3,(H,12,13,15). The smallest absolute Gasteiger partial charge is 0.270 e. The highest BCUT2D eigenvalue weighted by Gasteiger charge is 2.10. The number of non-ortho nitro benzene ring substituents is 1. The van der Waals surface area contributed by atoms with E-state index in [1.165, 1.54) is 31.3 Å². The summed E-state index contributed by atoms with van der Waals surface area (Å²) in [7, 11) is 0. The highest BCUT2D eigenvalue weighted by molar-refractivity contribution is 6.00. The average Bonchev–Trinajstić information content (AvgIpc) is 2.28. The van der Waals surface area contributed by atoms with Gasteiger partial charge in [0.05, 0.1) is 22.3 Å². The normalized spacial score (nSPS) is 10.2. The van der Waals surface area contributed by atoms with Gasteiger partial charge in [-0.3, -0.25) is 14.9 Å². The van der Waals surface area contributed by atoms with E-state index in [0.717, 1.165) is 0 Å². The van der Waals surface area contributed by atoms with Gasteiger partial charge in [-0.25, -0.2) is 0 Å². The quantitative estimate of drug-likeness (QED) is 0.624. The average molecular weight is 232 g/mol. The zero-order chi connectivity index (χ0) is 12.4. The Morgan fingerprint density at radius 1 is 1.47 bits per heavy atom. The number of nitro groups is 1. The maximum atomic E-state index is 11.0. The predicted octanol–water partition coefficient (Wildman–Crippen LogP) is 1.50. The molecule has 1 aromatic carbocycles. The molecule has 1 N–H and O–H groups in total. The van der Waals surface area contributed by atoms with Crippen LogP contribution >= 0.6 is 0 Å². The Kier molecular flexibility index (Phi) is 2.65. The molecule has 2 aromatic rings. The Balaban J connectivity index is 2.63.